The van der Waals surface area contributed by atoms with Crippen molar-refractivity contribution in [2.75, 3.05) is 19.8 Å². The maximum atomic E-state index is 13.7. The zero-order valence-corrected chi connectivity index (χ0v) is 32.9. The maximum Gasteiger partial charge on any atom is 0.407 e. The highest BCUT2D eigenvalue weighted by atomic mass is 16.6. The Morgan fingerprint density at radius 1 is 0.678 bits per heavy atom. The number of allylic oxidation sites excluding steroid dienone is 2. The van der Waals surface area contributed by atoms with Crippen LogP contribution in [0.15, 0.2) is 135 Å². The average molecular weight is 802 g/mol. The van der Waals surface area contributed by atoms with Crippen molar-refractivity contribution >= 4 is 29.8 Å². The Bertz CT molecular complexity index is 2010. The summed E-state index contributed by atoms with van der Waals surface area (Å²) < 4.78 is 16.7. The van der Waals surface area contributed by atoms with Gasteiger partial charge in [0.25, 0.3) is 0 Å². The molecule has 4 aromatic rings. The van der Waals surface area contributed by atoms with Crippen molar-refractivity contribution in [3.63, 3.8) is 0 Å². The van der Waals surface area contributed by atoms with E-state index < -0.39 is 60.5 Å². The number of rotatable bonds is 22. The quantitative estimate of drug-likeness (QED) is 0.0428. The number of aliphatic hydroxyl groups is 1. The highest BCUT2D eigenvalue weighted by Gasteiger charge is 2.32. The number of carbonyl (C=O) groups is 5. The molecule has 0 heterocycles. The molecule has 308 valence electrons. The van der Waals surface area contributed by atoms with Crippen LogP contribution in [0.1, 0.15) is 53.9 Å². The van der Waals surface area contributed by atoms with Crippen LogP contribution in [-0.4, -0.2) is 72.9 Å². The Labute approximate surface area is 344 Å². The van der Waals surface area contributed by atoms with Crippen LogP contribution >= 0.6 is 0 Å². The van der Waals surface area contributed by atoms with Gasteiger partial charge >= 0.3 is 18.0 Å². The Kier molecular flexibility index (Phi) is 16.6. The fourth-order valence-corrected chi connectivity index (χ4v) is 6.92. The monoisotopic (exact) mass is 801 g/mol. The molecule has 12 nitrogen and oxygen atoms in total. The lowest BCUT2D eigenvalue weighted by Gasteiger charge is -2.23. The lowest BCUT2D eigenvalue weighted by molar-refractivity contribution is -0.156. The zero-order chi connectivity index (χ0) is 42.0. The summed E-state index contributed by atoms with van der Waals surface area (Å²) in [6.07, 6.45) is 2.89. The molecule has 59 heavy (non-hydrogen) atoms. The molecule has 4 aromatic carbocycles. The van der Waals surface area contributed by atoms with Crippen LogP contribution in [0.4, 0.5) is 4.79 Å². The molecule has 3 amide bonds. The number of benzene rings is 4. The lowest BCUT2D eigenvalue weighted by atomic mass is 9.98. The van der Waals surface area contributed by atoms with Gasteiger partial charge < -0.3 is 35.3 Å². The van der Waals surface area contributed by atoms with Crippen LogP contribution in [0.3, 0.4) is 0 Å². The predicted molar refractivity (Wildman–Crippen MR) is 223 cm³/mol. The number of nitrogens with one attached hydrogen (secondary N) is 3. The van der Waals surface area contributed by atoms with E-state index in [0.717, 1.165) is 27.8 Å². The van der Waals surface area contributed by atoms with Gasteiger partial charge in [0, 0.05) is 12.3 Å². The molecule has 4 N–H and O–H groups in total. The van der Waals surface area contributed by atoms with E-state index in [1.54, 1.807) is 30.3 Å². The highest BCUT2D eigenvalue weighted by Crippen LogP contribution is 2.44. The van der Waals surface area contributed by atoms with Crippen molar-refractivity contribution in [1.82, 2.24) is 16.0 Å². The van der Waals surface area contributed by atoms with E-state index in [0.29, 0.717) is 18.4 Å². The Balaban J connectivity index is 1.22. The van der Waals surface area contributed by atoms with Gasteiger partial charge in [0.2, 0.25) is 11.8 Å². The summed E-state index contributed by atoms with van der Waals surface area (Å²) in [6, 6.07) is 30.9. The lowest BCUT2D eigenvalue weighted by Crippen LogP contribution is -2.50. The van der Waals surface area contributed by atoms with E-state index in [9.17, 15) is 29.1 Å². The Morgan fingerprint density at radius 3 is 1.88 bits per heavy atom. The van der Waals surface area contributed by atoms with Gasteiger partial charge in [-0.05, 0) is 59.1 Å². The summed E-state index contributed by atoms with van der Waals surface area (Å²) in [5, 5.41) is 17.9. The van der Waals surface area contributed by atoms with Gasteiger partial charge in [-0.15, -0.1) is 13.2 Å². The third-order valence-electron chi connectivity index (χ3n) is 9.96. The van der Waals surface area contributed by atoms with Crippen molar-refractivity contribution in [2.45, 2.75) is 62.8 Å². The molecule has 12 heteroatoms. The Hall–Kier alpha value is -6.53. The summed E-state index contributed by atoms with van der Waals surface area (Å²) >= 11 is 0. The van der Waals surface area contributed by atoms with Gasteiger partial charge in [-0.3, -0.25) is 9.59 Å². The molecule has 0 saturated heterocycles. The van der Waals surface area contributed by atoms with E-state index in [2.05, 4.69) is 29.1 Å². The van der Waals surface area contributed by atoms with Gasteiger partial charge in [-0.25, -0.2) is 14.4 Å². The van der Waals surface area contributed by atoms with E-state index in [1.165, 1.54) is 6.08 Å². The number of hydrogen-bond donors (Lipinski definition) is 4. The maximum absolute atomic E-state index is 13.7. The molecule has 0 bridgehead atoms. The summed E-state index contributed by atoms with van der Waals surface area (Å²) in [5.74, 6) is -4.07. The first-order chi connectivity index (χ1) is 28.7. The number of esters is 2. The van der Waals surface area contributed by atoms with Crippen molar-refractivity contribution in [1.29, 1.82) is 0 Å². The van der Waals surface area contributed by atoms with E-state index >= 15 is 0 Å². The average Bonchev–Trinajstić information content (AvgIpc) is 3.58. The second kappa shape index (κ2) is 22.4. The molecule has 0 saturated carbocycles. The molecule has 0 radical (unpaired) electrons. The molecule has 0 aliphatic heterocycles. The molecule has 0 fully saturated rings. The van der Waals surface area contributed by atoms with Gasteiger partial charge in [0.1, 0.15) is 25.9 Å². The van der Waals surface area contributed by atoms with Crippen molar-refractivity contribution in [2.24, 2.45) is 5.92 Å². The standard InChI is InChI=1S/C47H51N3O9/c1-3-5-25-41(50-47(56)59-30-40-38-23-14-12-21-36(38)37-22-13-15-24-39(37)40)45(54)58-31-42(46(55)57-29-33-19-10-7-11-20-33)49-44(53)34(16-4-2)27-43(52)48-35(28-51)26-32-17-8-6-9-18-32/h3-4,6-15,17-24,34-35,40-42,51H,1-2,5,16,25-31H2,(H,48,52)(H,49,53)(H,50,56)/t34-,35+,41+,42-/m1/s1. The van der Waals surface area contributed by atoms with E-state index in [1.807, 2.05) is 84.9 Å². The van der Waals surface area contributed by atoms with Crippen LogP contribution in [0.25, 0.3) is 11.1 Å². The second-order valence-electron chi connectivity index (χ2n) is 14.2. The number of carbonyl (C=O) groups excluding carboxylic acids is 5. The van der Waals surface area contributed by atoms with Gasteiger partial charge in [-0.2, -0.15) is 0 Å². The molecule has 4 atom stereocenters. The third-order valence-corrected chi connectivity index (χ3v) is 9.96. The Morgan fingerprint density at radius 2 is 1.27 bits per heavy atom. The van der Waals surface area contributed by atoms with Crippen LogP contribution in [0.5, 0.6) is 0 Å². The van der Waals surface area contributed by atoms with Gasteiger partial charge in [0.05, 0.1) is 18.6 Å². The van der Waals surface area contributed by atoms with Crippen LogP contribution in [0.2, 0.25) is 0 Å². The summed E-state index contributed by atoms with van der Waals surface area (Å²) in [4.78, 5) is 67.0. The van der Waals surface area contributed by atoms with E-state index in [-0.39, 0.29) is 45.0 Å². The van der Waals surface area contributed by atoms with Crippen molar-refractivity contribution < 1.29 is 43.3 Å². The highest BCUT2D eigenvalue weighted by molar-refractivity contribution is 5.90. The topological polar surface area (TPSA) is 169 Å². The first-order valence-electron chi connectivity index (χ1n) is 19.7. The first-order valence-corrected chi connectivity index (χ1v) is 19.7. The number of amides is 3. The first kappa shape index (κ1) is 43.6. The minimum atomic E-state index is -1.47. The SMILES string of the molecule is C=CCC[C@H](NC(=O)OCC1c2ccccc2-c2ccccc21)C(=O)OC[C@@H](NC(=O)[C@H](CC=C)CC(=O)N[C@H](CO)Cc1ccccc1)C(=O)OCc1ccccc1. The molecular formula is C47H51N3O9. The summed E-state index contributed by atoms with van der Waals surface area (Å²) in [6.45, 7) is 6.40. The second-order valence-corrected chi connectivity index (χ2v) is 14.2. The molecule has 0 unspecified atom stereocenters. The summed E-state index contributed by atoms with van der Waals surface area (Å²) in [7, 11) is 0. The molecule has 5 rings (SSSR count). The molecule has 0 spiro atoms. The fraction of sp³-hybridized carbons (Fsp3) is 0.298. The van der Waals surface area contributed by atoms with Gasteiger partial charge in [0.15, 0.2) is 6.04 Å². The molecule has 0 aromatic heterocycles. The smallest absolute Gasteiger partial charge is 0.407 e. The molecular weight excluding hydrogens is 751 g/mol. The normalized spacial score (nSPS) is 13.6. The fourth-order valence-electron chi connectivity index (χ4n) is 6.92. The minimum absolute atomic E-state index is 0.0298. The number of aliphatic hydroxyl groups excluding tert-OH is 1. The number of fused-ring (bicyclic) bond motifs is 3. The number of ether oxygens (including phenoxy) is 3. The molecule has 1 aliphatic rings. The minimum Gasteiger partial charge on any atom is -0.461 e. The predicted octanol–water partition coefficient (Wildman–Crippen LogP) is 5.93. The van der Waals surface area contributed by atoms with Crippen LogP contribution in [-0.2, 0) is 46.4 Å². The third kappa shape index (κ3) is 12.7. The molecule has 1 aliphatic carbocycles. The zero-order valence-electron chi connectivity index (χ0n) is 32.9. The van der Waals surface area contributed by atoms with E-state index in [4.69, 9.17) is 14.2 Å². The number of alkyl carbamates (subject to hydrolysis) is 1. The van der Waals surface area contributed by atoms with Crippen LogP contribution < -0.4 is 16.0 Å². The largest absolute Gasteiger partial charge is 0.461 e. The van der Waals surface area contributed by atoms with Gasteiger partial charge in [-0.1, -0.05) is 121 Å². The summed E-state index contributed by atoms with van der Waals surface area (Å²) in [5.41, 5.74) is 5.81. The van der Waals surface area contributed by atoms with Crippen molar-refractivity contribution in [3.05, 3.63) is 157 Å². The van der Waals surface area contributed by atoms with Crippen molar-refractivity contribution in [3.8, 4) is 11.1 Å². The number of hydrogen-bond acceptors (Lipinski definition) is 9. The van der Waals surface area contributed by atoms with Crippen LogP contribution in [0, 0.1) is 5.92 Å².